The molecule has 11 heteroatoms. The molecule has 0 radical (unpaired) electrons. The number of nitrogens with zero attached hydrogens (tertiary/aromatic N) is 3. The van der Waals surface area contributed by atoms with Crippen LogP contribution in [0.4, 0.5) is 10.1 Å². The summed E-state index contributed by atoms with van der Waals surface area (Å²) in [4.78, 5) is 32.2. The largest absolute Gasteiger partial charge is 0.494 e. The van der Waals surface area contributed by atoms with Crippen molar-refractivity contribution in [3.05, 3.63) is 46.3 Å². The van der Waals surface area contributed by atoms with E-state index in [0.717, 1.165) is 11.3 Å². The number of methoxy groups -OCH3 is 1. The van der Waals surface area contributed by atoms with Crippen LogP contribution in [0, 0.1) is 11.2 Å². The van der Waals surface area contributed by atoms with E-state index in [1.54, 1.807) is 25.0 Å². The molecule has 10 nitrogen and oxygen atoms in total. The summed E-state index contributed by atoms with van der Waals surface area (Å²) in [6.45, 7) is 18.8. The Morgan fingerprint density at radius 2 is 1.57 bits per heavy atom. The molecule has 1 saturated heterocycles. The van der Waals surface area contributed by atoms with E-state index in [2.05, 4.69) is 30.6 Å². The Hall–Kier alpha value is -3.86. The van der Waals surface area contributed by atoms with Crippen LogP contribution in [0.3, 0.4) is 0 Å². The normalized spacial score (nSPS) is 15.6. The number of benzene rings is 2. The molecule has 0 saturated carbocycles. The minimum atomic E-state index is -0.643. The van der Waals surface area contributed by atoms with Gasteiger partial charge in [0.15, 0.2) is 23.1 Å². The van der Waals surface area contributed by atoms with E-state index in [4.69, 9.17) is 24.4 Å². The van der Waals surface area contributed by atoms with Gasteiger partial charge in [-0.3, -0.25) is 19.9 Å². The number of ether oxygens (including phenoxy) is 4. The van der Waals surface area contributed by atoms with E-state index in [0.29, 0.717) is 55.4 Å². The first-order valence-corrected chi connectivity index (χ1v) is 16.0. The molecule has 0 bridgehead atoms. The molecule has 252 valence electrons. The molecule has 2 heterocycles. The van der Waals surface area contributed by atoms with Gasteiger partial charge in [0.1, 0.15) is 17.2 Å². The van der Waals surface area contributed by atoms with Crippen LogP contribution < -0.4 is 19.1 Å². The Bertz CT molecular complexity index is 1470. The fraction of sp³-hybridized carbons (Fsp3) is 0.571. The van der Waals surface area contributed by atoms with Gasteiger partial charge in [0, 0.05) is 43.9 Å². The highest BCUT2D eigenvalue weighted by molar-refractivity contribution is 6.06. The van der Waals surface area contributed by atoms with Crippen LogP contribution in [0.25, 0.3) is 0 Å². The van der Waals surface area contributed by atoms with Crippen molar-refractivity contribution in [2.45, 2.75) is 73.0 Å². The first kappa shape index (κ1) is 35.0. The molecule has 2 aliphatic rings. The Kier molecular flexibility index (Phi) is 10.6. The summed E-state index contributed by atoms with van der Waals surface area (Å²) in [5.74, 6) is -0.153. The number of carbonyl (C=O) groups excluding carboxylic acids is 2. The molecular formula is C35H49FN4O6. The fourth-order valence-electron chi connectivity index (χ4n) is 5.91. The lowest BCUT2D eigenvalue weighted by Gasteiger charge is -2.37. The standard InChI is InChI=1S/C35H49FN4O6/c1-10-44-27-18-23-19-40(33(37)29(23)30(36)32(27)45-11-2)20-26(41)22-16-24(34(3,4)5)31(43-9)25(17-22)39-14-12-38(13-15-39)21-28(42)46-35(6,7)8/h16-18,37H,10-15,19-21H2,1-9H3. The quantitative estimate of drug-likeness (QED) is 0.255. The topological polar surface area (TPSA) is 105 Å². The molecule has 0 unspecified atom stereocenters. The van der Waals surface area contributed by atoms with Crippen LogP contribution in [0.1, 0.15) is 82.4 Å². The van der Waals surface area contributed by atoms with Gasteiger partial charge in [0.2, 0.25) is 0 Å². The van der Waals surface area contributed by atoms with E-state index in [-0.39, 0.29) is 60.6 Å². The van der Waals surface area contributed by atoms with Crippen molar-refractivity contribution in [3.8, 4) is 17.2 Å². The Morgan fingerprint density at radius 1 is 0.913 bits per heavy atom. The second kappa shape index (κ2) is 13.9. The molecule has 2 aromatic carbocycles. The van der Waals surface area contributed by atoms with Crippen molar-refractivity contribution in [1.29, 1.82) is 5.41 Å². The zero-order valence-corrected chi connectivity index (χ0v) is 28.8. The van der Waals surface area contributed by atoms with Crippen LogP contribution in [-0.4, -0.2) is 92.6 Å². The zero-order chi connectivity index (χ0) is 34.0. The van der Waals surface area contributed by atoms with Crippen LogP contribution in [-0.2, 0) is 21.5 Å². The lowest BCUT2D eigenvalue weighted by Crippen LogP contribution is -2.49. The molecule has 0 aliphatic carbocycles. The molecule has 4 rings (SSSR count). The minimum absolute atomic E-state index is 0.0122. The number of piperazine rings is 1. The predicted molar refractivity (Wildman–Crippen MR) is 176 cm³/mol. The van der Waals surface area contributed by atoms with Crippen molar-refractivity contribution in [1.82, 2.24) is 9.80 Å². The van der Waals surface area contributed by atoms with Crippen LogP contribution in [0.15, 0.2) is 18.2 Å². The number of rotatable bonds is 11. The molecule has 2 aliphatic heterocycles. The molecule has 46 heavy (non-hydrogen) atoms. The molecule has 0 spiro atoms. The lowest BCUT2D eigenvalue weighted by atomic mass is 9.84. The van der Waals surface area contributed by atoms with Gasteiger partial charge in [-0.2, -0.15) is 0 Å². The van der Waals surface area contributed by atoms with Crippen molar-refractivity contribution in [2.75, 3.05) is 64.5 Å². The van der Waals surface area contributed by atoms with Gasteiger partial charge in [0.25, 0.3) is 0 Å². The third-order valence-electron chi connectivity index (χ3n) is 8.00. The number of esters is 1. The third kappa shape index (κ3) is 7.74. The van der Waals surface area contributed by atoms with Gasteiger partial charge >= 0.3 is 5.97 Å². The van der Waals surface area contributed by atoms with Gasteiger partial charge in [0.05, 0.1) is 44.7 Å². The number of halogens is 1. The first-order valence-electron chi connectivity index (χ1n) is 16.0. The average molecular weight is 641 g/mol. The second-order valence-electron chi connectivity index (χ2n) is 13.7. The summed E-state index contributed by atoms with van der Waals surface area (Å²) in [7, 11) is 1.64. The van der Waals surface area contributed by atoms with Gasteiger partial charge in [-0.1, -0.05) is 20.8 Å². The fourth-order valence-corrected chi connectivity index (χ4v) is 5.91. The second-order valence-corrected chi connectivity index (χ2v) is 13.7. The maximum absolute atomic E-state index is 15.6. The molecule has 0 atom stereocenters. The average Bonchev–Trinajstić information content (AvgIpc) is 3.27. The van der Waals surface area contributed by atoms with Gasteiger partial charge < -0.3 is 28.7 Å². The van der Waals surface area contributed by atoms with Crippen molar-refractivity contribution >= 4 is 23.3 Å². The van der Waals surface area contributed by atoms with Crippen LogP contribution in [0.2, 0.25) is 0 Å². The highest BCUT2D eigenvalue weighted by atomic mass is 19.1. The number of Topliss-reactive ketones (excluding diaryl/α,β-unsaturated/α-hetero) is 1. The first-order chi connectivity index (χ1) is 21.6. The van der Waals surface area contributed by atoms with E-state index < -0.39 is 11.4 Å². The van der Waals surface area contributed by atoms with E-state index in [1.807, 2.05) is 39.8 Å². The summed E-state index contributed by atoms with van der Waals surface area (Å²) in [6, 6.07) is 5.43. The summed E-state index contributed by atoms with van der Waals surface area (Å²) in [5, 5.41) is 8.78. The predicted octanol–water partition coefficient (Wildman–Crippen LogP) is 5.42. The Labute approximate surface area is 272 Å². The molecule has 0 aromatic heterocycles. The van der Waals surface area contributed by atoms with Crippen molar-refractivity contribution in [3.63, 3.8) is 0 Å². The molecule has 2 aromatic rings. The molecular weight excluding hydrogens is 591 g/mol. The maximum Gasteiger partial charge on any atom is 0.320 e. The number of carbonyl (C=O) groups is 2. The Balaban J connectivity index is 1.58. The van der Waals surface area contributed by atoms with E-state index in [1.165, 1.54) is 0 Å². The Morgan fingerprint density at radius 3 is 2.13 bits per heavy atom. The number of nitrogens with one attached hydrogen (secondary N) is 1. The van der Waals surface area contributed by atoms with E-state index >= 15 is 4.39 Å². The molecule has 1 fully saturated rings. The zero-order valence-electron chi connectivity index (χ0n) is 28.8. The monoisotopic (exact) mass is 640 g/mol. The van der Waals surface area contributed by atoms with Crippen molar-refractivity contribution in [2.24, 2.45) is 0 Å². The van der Waals surface area contributed by atoms with Crippen LogP contribution >= 0.6 is 0 Å². The smallest absolute Gasteiger partial charge is 0.320 e. The summed E-state index contributed by atoms with van der Waals surface area (Å²) >= 11 is 0. The summed E-state index contributed by atoms with van der Waals surface area (Å²) < 4.78 is 38.2. The molecule has 0 amide bonds. The number of fused-ring (bicyclic) bond motifs is 1. The highest BCUT2D eigenvalue weighted by Gasteiger charge is 2.34. The minimum Gasteiger partial charge on any atom is -0.494 e. The summed E-state index contributed by atoms with van der Waals surface area (Å²) in [6.07, 6.45) is 0. The number of ketones is 1. The van der Waals surface area contributed by atoms with Crippen molar-refractivity contribution < 1.29 is 32.9 Å². The summed E-state index contributed by atoms with van der Waals surface area (Å²) in [5.41, 5.74) is 2.04. The molecule has 1 N–H and O–H groups in total. The highest BCUT2D eigenvalue weighted by Crippen LogP contribution is 2.42. The van der Waals surface area contributed by atoms with Crippen LogP contribution in [0.5, 0.6) is 17.2 Å². The number of hydrogen-bond acceptors (Lipinski definition) is 9. The SMILES string of the molecule is CCOc1cc2c(c(F)c1OCC)C(=N)N(CC(=O)c1cc(N3CCN(CC(=O)OC(C)(C)C)CC3)c(OC)c(C(C)(C)C)c1)C2. The van der Waals surface area contributed by atoms with E-state index in [9.17, 15) is 9.59 Å². The maximum atomic E-state index is 15.6. The number of anilines is 1. The number of hydrogen-bond donors (Lipinski definition) is 1. The number of amidine groups is 1. The van der Waals surface area contributed by atoms with Gasteiger partial charge in [-0.15, -0.1) is 0 Å². The lowest BCUT2D eigenvalue weighted by molar-refractivity contribution is -0.156. The van der Waals surface area contributed by atoms with Gasteiger partial charge in [-0.25, -0.2) is 4.39 Å². The van der Waals surface area contributed by atoms with Gasteiger partial charge in [-0.05, 0) is 63.8 Å². The third-order valence-corrected chi connectivity index (χ3v) is 8.00.